The Morgan fingerprint density at radius 1 is 1.28 bits per heavy atom. The van der Waals surface area contributed by atoms with E-state index in [0.29, 0.717) is 5.52 Å². The van der Waals surface area contributed by atoms with E-state index in [2.05, 4.69) is 9.97 Å². The number of carboxylic acids is 1. The largest absolute Gasteiger partial charge is 0.477 e. The zero-order chi connectivity index (χ0) is 12.5. The standard InChI is InChI=1S/C13H9N3O2/c17-13(18)11-7-12(16-6-5-14-8-16)9-3-1-2-4-10(9)15-11/h1-8H,(H,17,18). The summed E-state index contributed by atoms with van der Waals surface area (Å²) in [6, 6.07) is 8.97. The Labute approximate surface area is 102 Å². The van der Waals surface area contributed by atoms with Crippen LogP contribution in [-0.2, 0) is 0 Å². The van der Waals surface area contributed by atoms with Crippen LogP contribution in [-0.4, -0.2) is 25.6 Å². The number of pyridine rings is 1. The van der Waals surface area contributed by atoms with E-state index >= 15 is 0 Å². The number of carbonyl (C=O) groups is 1. The minimum absolute atomic E-state index is 0.0254. The van der Waals surface area contributed by atoms with Crippen LogP contribution in [0.5, 0.6) is 0 Å². The summed E-state index contributed by atoms with van der Waals surface area (Å²) in [4.78, 5) is 19.2. The fraction of sp³-hybridized carbons (Fsp3) is 0. The molecule has 3 aromatic rings. The van der Waals surface area contributed by atoms with Crippen LogP contribution >= 0.6 is 0 Å². The van der Waals surface area contributed by atoms with Gasteiger partial charge in [0.1, 0.15) is 0 Å². The zero-order valence-corrected chi connectivity index (χ0v) is 9.32. The van der Waals surface area contributed by atoms with E-state index in [0.717, 1.165) is 11.1 Å². The van der Waals surface area contributed by atoms with E-state index in [1.165, 1.54) is 0 Å². The number of carboxylic acid groups (broad SMARTS) is 1. The minimum Gasteiger partial charge on any atom is -0.477 e. The molecule has 0 aliphatic carbocycles. The Balaban J connectivity index is 2.37. The minimum atomic E-state index is -1.04. The second kappa shape index (κ2) is 3.96. The first-order valence-corrected chi connectivity index (χ1v) is 5.37. The van der Waals surface area contributed by atoms with Crippen LogP contribution < -0.4 is 0 Å². The fourth-order valence-electron chi connectivity index (χ4n) is 1.88. The molecule has 0 aliphatic heterocycles. The molecule has 0 saturated heterocycles. The second-order valence-corrected chi connectivity index (χ2v) is 3.82. The smallest absolute Gasteiger partial charge is 0.354 e. The molecule has 2 aromatic heterocycles. The number of rotatable bonds is 2. The Morgan fingerprint density at radius 2 is 2.11 bits per heavy atom. The molecule has 0 unspecified atom stereocenters. The number of hydrogen-bond donors (Lipinski definition) is 1. The molecule has 1 N–H and O–H groups in total. The number of para-hydroxylation sites is 1. The van der Waals surface area contributed by atoms with Gasteiger partial charge in [0.05, 0.1) is 17.5 Å². The van der Waals surface area contributed by atoms with Gasteiger partial charge in [0.25, 0.3) is 0 Å². The Morgan fingerprint density at radius 3 is 2.83 bits per heavy atom. The summed E-state index contributed by atoms with van der Waals surface area (Å²) in [6.07, 6.45) is 5.05. The molecule has 1 aromatic carbocycles. The summed E-state index contributed by atoms with van der Waals surface area (Å²) in [7, 11) is 0. The third kappa shape index (κ3) is 1.62. The number of fused-ring (bicyclic) bond motifs is 1. The van der Waals surface area contributed by atoms with Gasteiger partial charge >= 0.3 is 5.97 Å². The van der Waals surface area contributed by atoms with Crippen molar-refractivity contribution < 1.29 is 9.90 Å². The maximum atomic E-state index is 11.1. The highest BCUT2D eigenvalue weighted by molar-refractivity contribution is 5.94. The lowest BCUT2D eigenvalue weighted by atomic mass is 10.1. The summed E-state index contributed by atoms with van der Waals surface area (Å²) in [6.45, 7) is 0. The van der Waals surface area contributed by atoms with Crippen molar-refractivity contribution in [1.29, 1.82) is 0 Å². The maximum absolute atomic E-state index is 11.1. The van der Waals surface area contributed by atoms with E-state index in [1.807, 2.05) is 18.2 Å². The van der Waals surface area contributed by atoms with E-state index in [9.17, 15) is 4.79 Å². The summed E-state index contributed by atoms with van der Waals surface area (Å²) in [5, 5.41) is 9.97. The molecule has 3 rings (SSSR count). The van der Waals surface area contributed by atoms with Gasteiger partial charge in [0.2, 0.25) is 0 Å². The van der Waals surface area contributed by atoms with Gasteiger partial charge in [-0.2, -0.15) is 0 Å². The molecular weight excluding hydrogens is 230 g/mol. The number of aromatic nitrogens is 3. The van der Waals surface area contributed by atoms with E-state index in [4.69, 9.17) is 5.11 Å². The normalized spacial score (nSPS) is 10.7. The Hall–Kier alpha value is -2.69. The topological polar surface area (TPSA) is 68.0 Å². The van der Waals surface area contributed by atoms with E-state index in [-0.39, 0.29) is 5.69 Å². The number of aromatic carboxylic acids is 1. The first-order chi connectivity index (χ1) is 8.75. The van der Waals surface area contributed by atoms with Crippen LogP contribution in [0.1, 0.15) is 10.5 Å². The van der Waals surface area contributed by atoms with Crippen molar-refractivity contribution in [3.63, 3.8) is 0 Å². The predicted molar refractivity (Wildman–Crippen MR) is 65.8 cm³/mol. The van der Waals surface area contributed by atoms with Gasteiger partial charge in [-0.05, 0) is 12.1 Å². The van der Waals surface area contributed by atoms with Gasteiger partial charge in [0.15, 0.2) is 5.69 Å². The summed E-state index contributed by atoms with van der Waals surface area (Å²) in [5.74, 6) is -1.04. The first-order valence-electron chi connectivity index (χ1n) is 5.37. The van der Waals surface area contributed by atoms with Gasteiger partial charge in [-0.3, -0.25) is 0 Å². The molecule has 0 radical (unpaired) electrons. The molecule has 0 spiro atoms. The Bertz CT molecular complexity index is 720. The highest BCUT2D eigenvalue weighted by Gasteiger charge is 2.11. The molecule has 2 heterocycles. The van der Waals surface area contributed by atoms with E-state index < -0.39 is 5.97 Å². The van der Waals surface area contributed by atoms with Crippen molar-refractivity contribution >= 4 is 16.9 Å². The third-order valence-electron chi connectivity index (χ3n) is 2.70. The van der Waals surface area contributed by atoms with Crippen molar-refractivity contribution in [3.05, 3.63) is 54.7 Å². The number of imidazole rings is 1. The van der Waals surface area contributed by atoms with E-state index in [1.54, 1.807) is 35.4 Å². The lowest BCUT2D eigenvalue weighted by Crippen LogP contribution is -2.03. The molecule has 0 fully saturated rings. The Kier molecular flexibility index (Phi) is 2.30. The van der Waals surface area contributed by atoms with Gasteiger partial charge in [-0.25, -0.2) is 14.8 Å². The van der Waals surface area contributed by atoms with Crippen molar-refractivity contribution in [3.8, 4) is 5.69 Å². The van der Waals surface area contributed by atoms with Crippen molar-refractivity contribution in [2.24, 2.45) is 0 Å². The van der Waals surface area contributed by atoms with Gasteiger partial charge in [0, 0.05) is 17.8 Å². The quantitative estimate of drug-likeness (QED) is 0.743. The molecule has 88 valence electrons. The zero-order valence-electron chi connectivity index (χ0n) is 9.32. The molecule has 5 heteroatoms. The lowest BCUT2D eigenvalue weighted by Gasteiger charge is -2.08. The van der Waals surface area contributed by atoms with Gasteiger partial charge < -0.3 is 9.67 Å². The van der Waals surface area contributed by atoms with Gasteiger partial charge in [-0.15, -0.1) is 0 Å². The number of benzene rings is 1. The monoisotopic (exact) mass is 239 g/mol. The van der Waals surface area contributed by atoms with Crippen LogP contribution in [0.2, 0.25) is 0 Å². The second-order valence-electron chi connectivity index (χ2n) is 3.82. The average Bonchev–Trinajstić information content (AvgIpc) is 2.91. The molecule has 5 nitrogen and oxygen atoms in total. The van der Waals surface area contributed by atoms with Crippen LogP contribution in [0, 0.1) is 0 Å². The lowest BCUT2D eigenvalue weighted by molar-refractivity contribution is 0.0691. The summed E-state index contributed by atoms with van der Waals surface area (Å²) < 4.78 is 1.77. The molecular formula is C13H9N3O2. The maximum Gasteiger partial charge on any atom is 0.354 e. The number of nitrogens with zero attached hydrogens (tertiary/aromatic N) is 3. The van der Waals surface area contributed by atoms with Crippen molar-refractivity contribution in [1.82, 2.24) is 14.5 Å². The fourth-order valence-corrected chi connectivity index (χ4v) is 1.88. The van der Waals surface area contributed by atoms with Crippen molar-refractivity contribution in [2.45, 2.75) is 0 Å². The molecule has 0 saturated carbocycles. The summed E-state index contributed by atoms with van der Waals surface area (Å²) >= 11 is 0. The van der Waals surface area contributed by atoms with Gasteiger partial charge in [-0.1, -0.05) is 18.2 Å². The SMILES string of the molecule is O=C(O)c1cc(-n2ccnc2)c2ccccc2n1. The summed E-state index contributed by atoms with van der Waals surface area (Å²) in [5.41, 5.74) is 1.44. The predicted octanol–water partition coefficient (Wildman–Crippen LogP) is 2.12. The van der Waals surface area contributed by atoms with Crippen LogP contribution in [0.3, 0.4) is 0 Å². The van der Waals surface area contributed by atoms with Crippen LogP contribution in [0.25, 0.3) is 16.6 Å². The first kappa shape index (κ1) is 10.5. The third-order valence-corrected chi connectivity index (χ3v) is 2.70. The van der Waals surface area contributed by atoms with Crippen LogP contribution in [0.15, 0.2) is 49.1 Å². The highest BCUT2D eigenvalue weighted by atomic mass is 16.4. The highest BCUT2D eigenvalue weighted by Crippen LogP contribution is 2.21. The van der Waals surface area contributed by atoms with Crippen LogP contribution in [0.4, 0.5) is 0 Å². The van der Waals surface area contributed by atoms with Crippen molar-refractivity contribution in [2.75, 3.05) is 0 Å². The molecule has 0 bridgehead atoms. The molecule has 0 amide bonds. The molecule has 0 aliphatic rings. The molecule has 0 atom stereocenters. The molecule has 18 heavy (non-hydrogen) atoms. The number of hydrogen-bond acceptors (Lipinski definition) is 3. The average molecular weight is 239 g/mol.